The van der Waals surface area contributed by atoms with E-state index in [2.05, 4.69) is 0 Å². The number of halogens is 3. The summed E-state index contributed by atoms with van der Waals surface area (Å²) in [4.78, 5) is 16.1. The van der Waals surface area contributed by atoms with E-state index in [1.54, 1.807) is 13.2 Å². The third kappa shape index (κ3) is 6.51. The normalized spacial score (nSPS) is 16.0. The maximum Gasteiger partial charge on any atom is 0.417 e. The number of methoxy groups -OCH3 is 1. The van der Waals surface area contributed by atoms with Crippen LogP contribution in [0.15, 0.2) is 48.5 Å². The van der Waals surface area contributed by atoms with Gasteiger partial charge in [0.1, 0.15) is 12.7 Å². The maximum atomic E-state index is 13.2. The van der Waals surface area contributed by atoms with Gasteiger partial charge in [0.25, 0.3) is 5.91 Å². The number of ether oxygens (including phenoxy) is 2. The van der Waals surface area contributed by atoms with Crippen molar-refractivity contribution in [3.8, 4) is 11.5 Å². The Morgan fingerprint density at radius 2 is 1.82 bits per heavy atom. The SMILES string of the molecule is C/C=C/c1ccc(OCC(O)CN2CCN(C(=O)c3ccccc3C(F)(F)F)CC2)c(OC)c1. The van der Waals surface area contributed by atoms with Crippen LogP contribution in [0.5, 0.6) is 11.5 Å². The lowest BCUT2D eigenvalue weighted by Gasteiger charge is -2.36. The van der Waals surface area contributed by atoms with Gasteiger partial charge in [0, 0.05) is 32.7 Å². The molecule has 34 heavy (non-hydrogen) atoms. The number of allylic oxidation sites excluding steroid dienone is 1. The topological polar surface area (TPSA) is 62.2 Å². The van der Waals surface area contributed by atoms with Crippen molar-refractivity contribution in [2.45, 2.75) is 19.2 Å². The van der Waals surface area contributed by atoms with Crippen molar-refractivity contribution in [1.29, 1.82) is 0 Å². The third-order valence-electron chi connectivity index (χ3n) is 5.57. The molecule has 1 fully saturated rings. The van der Waals surface area contributed by atoms with Crippen LogP contribution in [0.4, 0.5) is 13.2 Å². The lowest BCUT2D eigenvalue weighted by Crippen LogP contribution is -2.51. The number of hydrogen-bond donors (Lipinski definition) is 1. The molecule has 1 heterocycles. The molecule has 0 saturated carbocycles. The highest BCUT2D eigenvalue weighted by Crippen LogP contribution is 2.32. The number of rotatable bonds is 8. The van der Waals surface area contributed by atoms with Gasteiger partial charge in [-0.1, -0.05) is 30.4 Å². The first-order chi connectivity index (χ1) is 16.2. The van der Waals surface area contributed by atoms with Gasteiger partial charge in [-0.25, -0.2) is 0 Å². The number of aliphatic hydroxyl groups excluding tert-OH is 1. The summed E-state index contributed by atoms with van der Waals surface area (Å²) >= 11 is 0. The number of benzene rings is 2. The molecule has 0 bridgehead atoms. The monoisotopic (exact) mass is 478 g/mol. The number of hydrogen-bond acceptors (Lipinski definition) is 5. The Kier molecular flexibility index (Phi) is 8.57. The molecule has 1 N–H and O–H groups in total. The van der Waals surface area contributed by atoms with E-state index < -0.39 is 23.8 Å². The van der Waals surface area contributed by atoms with Gasteiger partial charge in [-0.05, 0) is 36.8 Å². The predicted molar refractivity (Wildman–Crippen MR) is 123 cm³/mol. The van der Waals surface area contributed by atoms with Crippen molar-refractivity contribution in [3.05, 3.63) is 65.2 Å². The van der Waals surface area contributed by atoms with Gasteiger partial charge in [0.15, 0.2) is 11.5 Å². The van der Waals surface area contributed by atoms with E-state index in [4.69, 9.17) is 9.47 Å². The summed E-state index contributed by atoms with van der Waals surface area (Å²) in [6.07, 6.45) is -1.52. The average molecular weight is 479 g/mol. The van der Waals surface area contributed by atoms with Crippen molar-refractivity contribution in [2.75, 3.05) is 46.4 Å². The van der Waals surface area contributed by atoms with Crippen molar-refractivity contribution in [1.82, 2.24) is 9.80 Å². The van der Waals surface area contributed by atoms with Gasteiger partial charge in [-0.3, -0.25) is 9.69 Å². The summed E-state index contributed by atoms with van der Waals surface area (Å²) in [5.74, 6) is 0.451. The van der Waals surface area contributed by atoms with E-state index in [-0.39, 0.29) is 25.3 Å². The largest absolute Gasteiger partial charge is 0.493 e. The van der Waals surface area contributed by atoms with Gasteiger partial charge in [-0.15, -0.1) is 0 Å². The molecule has 0 aromatic heterocycles. The number of aliphatic hydroxyl groups is 1. The van der Waals surface area contributed by atoms with Gasteiger partial charge < -0.3 is 19.5 Å². The number of β-amino-alcohol motifs (C(OH)–C–C–N with tert-alkyl or cyclic N) is 1. The summed E-state index contributed by atoms with van der Waals surface area (Å²) < 4.78 is 50.8. The Balaban J connectivity index is 1.51. The highest BCUT2D eigenvalue weighted by Gasteiger charge is 2.36. The van der Waals surface area contributed by atoms with Crippen LogP contribution in [0.1, 0.15) is 28.4 Å². The zero-order chi connectivity index (χ0) is 24.7. The second-order valence-electron chi connectivity index (χ2n) is 8.01. The van der Waals surface area contributed by atoms with Crippen LogP contribution in [0.2, 0.25) is 0 Å². The molecule has 1 aliphatic heterocycles. The van der Waals surface area contributed by atoms with Crippen LogP contribution in [0, 0.1) is 0 Å². The number of alkyl halides is 3. The molecule has 184 valence electrons. The Morgan fingerprint density at radius 3 is 2.47 bits per heavy atom. The highest BCUT2D eigenvalue weighted by atomic mass is 19.4. The lowest BCUT2D eigenvalue weighted by molar-refractivity contribution is -0.138. The van der Waals surface area contributed by atoms with Crippen LogP contribution < -0.4 is 9.47 Å². The van der Waals surface area contributed by atoms with E-state index in [1.807, 2.05) is 36.1 Å². The molecule has 3 rings (SSSR count). The molecular formula is C25H29F3N2O4. The van der Waals surface area contributed by atoms with E-state index in [1.165, 1.54) is 23.1 Å². The molecule has 1 aliphatic rings. The molecule has 1 atom stereocenters. The number of piperazine rings is 1. The van der Waals surface area contributed by atoms with Crippen molar-refractivity contribution in [3.63, 3.8) is 0 Å². The standard InChI is InChI=1S/C25H29F3N2O4/c1-3-6-18-9-10-22(23(15-18)33-2)34-17-19(31)16-29-11-13-30(14-12-29)24(32)20-7-4-5-8-21(20)25(26,27)28/h3-10,15,19,31H,11-14,16-17H2,1-2H3/b6-3+. The average Bonchev–Trinajstić information content (AvgIpc) is 2.83. The smallest absolute Gasteiger partial charge is 0.417 e. The van der Waals surface area contributed by atoms with Gasteiger partial charge in [0.05, 0.1) is 18.2 Å². The molecular weight excluding hydrogens is 449 g/mol. The minimum absolute atomic E-state index is 0.0530. The molecule has 0 aliphatic carbocycles. The van der Waals surface area contributed by atoms with Gasteiger partial charge in [-0.2, -0.15) is 13.2 Å². The first-order valence-electron chi connectivity index (χ1n) is 11.0. The van der Waals surface area contributed by atoms with Gasteiger partial charge in [0.2, 0.25) is 0 Å². The Morgan fingerprint density at radius 1 is 1.12 bits per heavy atom. The molecule has 1 saturated heterocycles. The highest BCUT2D eigenvalue weighted by molar-refractivity contribution is 5.96. The maximum absolute atomic E-state index is 13.2. The second-order valence-corrected chi connectivity index (χ2v) is 8.01. The fourth-order valence-corrected chi connectivity index (χ4v) is 3.86. The minimum atomic E-state index is -4.59. The quantitative estimate of drug-likeness (QED) is 0.623. The van der Waals surface area contributed by atoms with Crippen molar-refractivity contribution >= 4 is 12.0 Å². The second kappa shape index (κ2) is 11.4. The molecule has 0 spiro atoms. The van der Waals surface area contributed by atoms with E-state index in [0.717, 1.165) is 11.6 Å². The lowest BCUT2D eigenvalue weighted by atomic mass is 10.1. The third-order valence-corrected chi connectivity index (χ3v) is 5.57. The summed E-state index contributed by atoms with van der Waals surface area (Å²) in [6, 6.07) is 10.3. The van der Waals surface area contributed by atoms with E-state index in [0.29, 0.717) is 31.1 Å². The van der Waals surface area contributed by atoms with E-state index >= 15 is 0 Å². The summed E-state index contributed by atoms with van der Waals surface area (Å²) in [6.45, 7) is 3.73. The Bertz CT molecular complexity index is 1000. The Labute approximate surface area is 197 Å². The van der Waals surface area contributed by atoms with Crippen LogP contribution >= 0.6 is 0 Å². The van der Waals surface area contributed by atoms with Crippen LogP contribution in [0.3, 0.4) is 0 Å². The number of carbonyl (C=O) groups excluding carboxylic acids is 1. The van der Waals surface area contributed by atoms with Crippen LogP contribution in [-0.2, 0) is 6.18 Å². The zero-order valence-electron chi connectivity index (χ0n) is 19.2. The number of carbonyl (C=O) groups is 1. The fraction of sp³-hybridized carbons (Fsp3) is 0.400. The molecule has 9 heteroatoms. The molecule has 1 unspecified atom stereocenters. The summed E-state index contributed by atoms with van der Waals surface area (Å²) in [7, 11) is 1.55. The molecule has 2 aromatic rings. The number of amides is 1. The molecule has 0 radical (unpaired) electrons. The van der Waals surface area contributed by atoms with Gasteiger partial charge >= 0.3 is 6.18 Å². The zero-order valence-corrected chi connectivity index (χ0v) is 19.2. The van der Waals surface area contributed by atoms with E-state index in [9.17, 15) is 23.1 Å². The number of nitrogens with zero attached hydrogens (tertiary/aromatic N) is 2. The molecule has 6 nitrogen and oxygen atoms in total. The first-order valence-corrected chi connectivity index (χ1v) is 11.0. The summed E-state index contributed by atoms with van der Waals surface area (Å²) in [5, 5.41) is 10.4. The minimum Gasteiger partial charge on any atom is -0.493 e. The first kappa shape index (κ1) is 25.6. The predicted octanol–water partition coefficient (Wildman–Crippen LogP) is 3.94. The Hall–Kier alpha value is -3.04. The van der Waals surface area contributed by atoms with Crippen molar-refractivity contribution < 1.29 is 32.5 Å². The molecule has 1 amide bonds. The van der Waals surface area contributed by atoms with Crippen LogP contribution in [-0.4, -0.2) is 73.4 Å². The fourth-order valence-electron chi connectivity index (χ4n) is 3.86. The van der Waals surface area contributed by atoms with Crippen molar-refractivity contribution in [2.24, 2.45) is 0 Å². The van der Waals surface area contributed by atoms with Crippen LogP contribution in [0.25, 0.3) is 6.08 Å². The molecule has 2 aromatic carbocycles. The summed E-state index contributed by atoms with van der Waals surface area (Å²) in [5.41, 5.74) is -0.298.